The predicted octanol–water partition coefficient (Wildman–Crippen LogP) is 5.21. The number of carbonyl (C=O) groups excluding carboxylic acids is 1. The van der Waals surface area contributed by atoms with Crippen LogP contribution in [0.2, 0.25) is 5.02 Å². The van der Waals surface area contributed by atoms with Crippen molar-refractivity contribution in [2.24, 2.45) is 0 Å². The number of urea groups is 1. The lowest BCUT2D eigenvalue weighted by Crippen LogP contribution is -2.40. The van der Waals surface area contributed by atoms with Crippen LogP contribution in [0.5, 0.6) is 5.75 Å². The van der Waals surface area contributed by atoms with Crippen molar-refractivity contribution in [2.45, 2.75) is 26.3 Å². The van der Waals surface area contributed by atoms with Crippen molar-refractivity contribution in [3.05, 3.63) is 58.6 Å². The molecule has 2 amide bonds. The van der Waals surface area contributed by atoms with Crippen molar-refractivity contribution in [1.82, 2.24) is 9.80 Å². The number of amides is 2. The molecule has 29 heavy (non-hydrogen) atoms. The number of nitrogens with one attached hydrogen (secondary N) is 1. The van der Waals surface area contributed by atoms with Crippen LogP contribution in [-0.2, 0) is 6.54 Å². The summed E-state index contributed by atoms with van der Waals surface area (Å²) in [6.45, 7) is 6.25. The number of ether oxygens (including phenoxy) is 1. The van der Waals surface area contributed by atoms with Gasteiger partial charge in [-0.05, 0) is 62.2 Å². The number of aryl methyl sites for hydroxylation is 1. The van der Waals surface area contributed by atoms with Crippen LogP contribution in [0.4, 0.5) is 10.5 Å². The summed E-state index contributed by atoms with van der Waals surface area (Å²) in [5.41, 5.74) is 2.69. The van der Waals surface area contributed by atoms with E-state index in [-0.39, 0.29) is 18.4 Å². The second-order valence-corrected chi connectivity index (χ2v) is 7.59. The molecule has 0 bridgehead atoms. The van der Waals surface area contributed by atoms with Crippen molar-refractivity contribution in [2.75, 3.05) is 38.6 Å². The van der Waals surface area contributed by atoms with E-state index >= 15 is 0 Å². The number of rotatable bonds is 7. The van der Waals surface area contributed by atoms with Gasteiger partial charge in [0, 0.05) is 19.6 Å². The van der Waals surface area contributed by atoms with Gasteiger partial charge in [-0.1, -0.05) is 35.9 Å². The molecule has 1 aliphatic heterocycles. The molecule has 3 rings (SSSR count). The first-order valence-corrected chi connectivity index (χ1v) is 10.1. The van der Waals surface area contributed by atoms with Crippen LogP contribution >= 0.6 is 24.0 Å². The highest BCUT2D eigenvalue weighted by Crippen LogP contribution is 2.26. The minimum atomic E-state index is -0.133. The number of hydrogen-bond acceptors (Lipinski definition) is 3. The molecule has 0 aromatic heterocycles. The number of carbonyl (C=O) groups is 1. The Balaban J connectivity index is 0.00000300. The molecule has 2 aromatic rings. The van der Waals surface area contributed by atoms with Crippen molar-refractivity contribution in [1.29, 1.82) is 0 Å². The Morgan fingerprint density at radius 1 is 1.17 bits per heavy atom. The minimum Gasteiger partial charge on any atom is -0.497 e. The highest BCUT2D eigenvalue weighted by Gasteiger charge is 2.19. The van der Waals surface area contributed by atoms with E-state index in [4.69, 9.17) is 16.3 Å². The van der Waals surface area contributed by atoms with Crippen molar-refractivity contribution < 1.29 is 9.53 Å². The van der Waals surface area contributed by atoms with Crippen LogP contribution in [0.1, 0.15) is 24.0 Å². The fraction of sp³-hybridized carbons (Fsp3) is 0.409. The highest BCUT2D eigenvalue weighted by molar-refractivity contribution is 6.33. The van der Waals surface area contributed by atoms with Gasteiger partial charge in [0.25, 0.3) is 0 Å². The molecule has 2 aromatic carbocycles. The minimum absolute atomic E-state index is 0. The Morgan fingerprint density at radius 2 is 1.86 bits per heavy atom. The lowest BCUT2D eigenvalue weighted by molar-refractivity contribution is 0.198. The molecular formula is C22H29Cl2N3O2. The molecule has 0 atom stereocenters. The maximum Gasteiger partial charge on any atom is 0.322 e. The van der Waals surface area contributed by atoms with Crippen LogP contribution in [0.15, 0.2) is 42.5 Å². The third-order valence-corrected chi connectivity index (χ3v) is 5.47. The molecule has 0 saturated carbocycles. The third kappa shape index (κ3) is 6.53. The normalized spacial score (nSPS) is 13.6. The number of benzene rings is 2. The van der Waals surface area contributed by atoms with Gasteiger partial charge in [-0.15, -0.1) is 12.4 Å². The summed E-state index contributed by atoms with van der Waals surface area (Å²) in [5, 5.41) is 3.56. The van der Waals surface area contributed by atoms with Crippen LogP contribution in [0.3, 0.4) is 0 Å². The van der Waals surface area contributed by atoms with E-state index in [1.165, 1.54) is 12.8 Å². The first-order chi connectivity index (χ1) is 13.6. The van der Waals surface area contributed by atoms with Gasteiger partial charge in [-0.3, -0.25) is 0 Å². The zero-order valence-electron chi connectivity index (χ0n) is 17.0. The Kier molecular flexibility index (Phi) is 9.08. The summed E-state index contributed by atoms with van der Waals surface area (Å²) in [7, 11) is 1.65. The summed E-state index contributed by atoms with van der Waals surface area (Å²) < 4.78 is 5.23. The van der Waals surface area contributed by atoms with E-state index in [1.807, 2.05) is 48.2 Å². The molecule has 7 heteroatoms. The standard InChI is InChI=1S/C22H28ClN3O2.ClH/c1-17-6-5-7-20(23)21(17)24-22(27)26(15-14-25-12-3-4-13-25)16-18-8-10-19(28-2)11-9-18;/h5-11H,3-4,12-16H2,1-2H3,(H,24,27);1H. The maximum absolute atomic E-state index is 13.1. The van der Waals surface area contributed by atoms with E-state index in [0.29, 0.717) is 23.8 Å². The molecule has 5 nitrogen and oxygen atoms in total. The molecule has 1 fully saturated rings. The van der Waals surface area contributed by atoms with E-state index in [2.05, 4.69) is 10.2 Å². The monoisotopic (exact) mass is 437 g/mol. The fourth-order valence-corrected chi connectivity index (χ4v) is 3.72. The number of methoxy groups -OCH3 is 1. The Bertz CT molecular complexity index is 773. The van der Waals surface area contributed by atoms with Gasteiger partial charge < -0.3 is 19.9 Å². The Labute approximate surface area is 184 Å². The molecule has 0 aliphatic carbocycles. The van der Waals surface area contributed by atoms with Crippen molar-refractivity contribution >= 4 is 35.7 Å². The average Bonchev–Trinajstić information content (AvgIpc) is 3.22. The molecule has 1 N–H and O–H groups in total. The van der Waals surface area contributed by atoms with Crippen molar-refractivity contribution in [3.8, 4) is 5.75 Å². The largest absolute Gasteiger partial charge is 0.497 e. The number of hydrogen-bond donors (Lipinski definition) is 1. The van der Waals surface area contributed by atoms with Gasteiger partial charge in [0.1, 0.15) is 5.75 Å². The molecule has 158 valence electrons. The number of halogens is 2. The SMILES string of the molecule is COc1ccc(CN(CCN2CCCC2)C(=O)Nc2c(C)cccc2Cl)cc1.Cl. The summed E-state index contributed by atoms with van der Waals surface area (Å²) in [6, 6.07) is 13.3. The van der Waals surface area contributed by atoms with E-state index in [1.54, 1.807) is 13.2 Å². The van der Waals surface area contributed by atoms with Gasteiger partial charge in [0.05, 0.1) is 17.8 Å². The first-order valence-electron chi connectivity index (χ1n) is 9.73. The van der Waals surface area contributed by atoms with Crippen LogP contribution in [0.25, 0.3) is 0 Å². The number of nitrogens with zero attached hydrogens (tertiary/aromatic N) is 2. The Hall–Kier alpha value is -1.95. The summed E-state index contributed by atoms with van der Waals surface area (Å²) in [5.74, 6) is 0.809. The summed E-state index contributed by atoms with van der Waals surface area (Å²) in [4.78, 5) is 17.3. The van der Waals surface area contributed by atoms with E-state index in [9.17, 15) is 4.79 Å². The van der Waals surface area contributed by atoms with Crippen LogP contribution < -0.4 is 10.1 Å². The molecule has 0 unspecified atom stereocenters. The number of para-hydroxylation sites is 1. The lowest BCUT2D eigenvalue weighted by atomic mass is 10.2. The maximum atomic E-state index is 13.1. The van der Waals surface area contributed by atoms with Gasteiger partial charge in [-0.25, -0.2) is 4.79 Å². The second-order valence-electron chi connectivity index (χ2n) is 7.18. The van der Waals surface area contributed by atoms with Crippen molar-refractivity contribution in [3.63, 3.8) is 0 Å². The van der Waals surface area contributed by atoms with Gasteiger partial charge in [0.2, 0.25) is 0 Å². The number of likely N-dealkylation sites (tertiary alicyclic amines) is 1. The zero-order chi connectivity index (χ0) is 19.9. The van der Waals surface area contributed by atoms with Gasteiger partial charge >= 0.3 is 6.03 Å². The average molecular weight is 438 g/mol. The van der Waals surface area contributed by atoms with Crippen LogP contribution in [0, 0.1) is 6.92 Å². The highest BCUT2D eigenvalue weighted by atomic mass is 35.5. The molecule has 0 radical (unpaired) electrons. The van der Waals surface area contributed by atoms with Crippen LogP contribution in [-0.4, -0.2) is 49.1 Å². The van der Waals surface area contributed by atoms with Gasteiger partial charge in [-0.2, -0.15) is 0 Å². The van der Waals surface area contributed by atoms with E-state index in [0.717, 1.165) is 36.5 Å². The topological polar surface area (TPSA) is 44.8 Å². The Morgan fingerprint density at radius 3 is 2.48 bits per heavy atom. The molecular weight excluding hydrogens is 409 g/mol. The molecule has 1 heterocycles. The number of anilines is 1. The first kappa shape index (κ1) is 23.3. The summed E-state index contributed by atoms with van der Waals surface area (Å²) >= 11 is 6.30. The molecule has 1 saturated heterocycles. The fourth-order valence-electron chi connectivity index (χ4n) is 3.45. The smallest absolute Gasteiger partial charge is 0.322 e. The zero-order valence-corrected chi connectivity index (χ0v) is 18.6. The third-order valence-electron chi connectivity index (χ3n) is 5.16. The van der Waals surface area contributed by atoms with E-state index < -0.39 is 0 Å². The quantitative estimate of drug-likeness (QED) is 0.646. The molecule has 0 spiro atoms. The lowest BCUT2D eigenvalue weighted by Gasteiger charge is -2.26. The summed E-state index contributed by atoms with van der Waals surface area (Å²) in [6.07, 6.45) is 2.48. The second kappa shape index (κ2) is 11.3. The molecule has 1 aliphatic rings. The van der Waals surface area contributed by atoms with Gasteiger partial charge in [0.15, 0.2) is 0 Å². The predicted molar refractivity (Wildman–Crippen MR) is 122 cm³/mol.